The summed E-state index contributed by atoms with van der Waals surface area (Å²) in [6.07, 6.45) is 2.41. The Hall–Kier alpha value is -1.61. The van der Waals surface area contributed by atoms with Crippen LogP contribution < -0.4 is 5.32 Å². The highest BCUT2D eigenvalue weighted by atomic mass is 15.1. The van der Waals surface area contributed by atoms with Crippen LogP contribution in [0.2, 0.25) is 0 Å². The van der Waals surface area contributed by atoms with Crippen molar-refractivity contribution in [2.24, 2.45) is 0 Å². The van der Waals surface area contributed by atoms with Gasteiger partial charge in [0.1, 0.15) is 0 Å². The molecule has 2 N–H and O–H groups in total. The predicted molar refractivity (Wildman–Crippen MR) is 78.3 cm³/mol. The van der Waals surface area contributed by atoms with E-state index >= 15 is 0 Å². The second kappa shape index (κ2) is 5.17. The lowest BCUT2D eigenvalue weighted by Crippen LogP contribution is -2.27. The summed E-state index contributed by atoms with van der Waals surface area (Å²) in [4.78, 5) is 0. The summed E-state index contributed by atoms with van der Waals surface area (Å²) in [5, 5.41) is 11.3. The van der Waals surface area contributed by atoms with Crippen LogP contribution in [-0.4, -0.2) is 23.3 Å². The van der Waals surface area contributed by atoms with Gasteiger partial charge >= 0.3 is 0 Å². The molecule has 0 spiro atoms. The summed E-state index contributed by atoms with van der Waals surface area (Å²) >= 11 is 0. The van der Waals surface area contributed by atoms with Crippen LogP contribution in [-0.2, 0) is 0 Å². The lowest BCUT2D eigenvalue weighted by molar-refractivity contribution is 0.451. The highest BCUT2D eigenvalue weighted by Gasteiger charge is 2.21. The fourth-order valence-corrected chi connectivity index (χ4v) is 2.99. The molecule has 1 aliphatic heterocycles. The number of nitrogens with one attached hydrogen (secondary N) is 2. The lowest BCUT2D eigenvalue weighted by atomic mass is 9.91. The van der Waals surface area contributed by atoms with E-state index in [1.54, 1.807) is 0 Å². The van der Waals surface area contributed by atoms with Gasteiger partial charge in [-0.1, -0.05) is 23.8 Å². The number of aryl methyl sites for hydroxylation is 1. The van der Waals surface area contributed by atoms with Crippen molar-refractivity contribution in [3.63, 3.8) is 0 Å². The van der Waals surface area contributed by atoms with Crippen molar-refractivity contribution in [1.82, 2.24) is 15.5 Å². The summed E-state index contributed by atoms with van der Waals surface area (Å²) in [6, 6.07) is 8.57. The van der Waals surface area contributed by atoms with Crippen molar-refractivity contribution in [3.05, 3.63) is 41.1 Å². The Morgan fingerprint density at radius 2 is 1.95 bits per heavy atom. The van der Waals surface area contributed by atoms with E-state index in [2.05, 4.69) is 53.6 Å². The molecule has 3 heteroatoms. The van der Waals surface area contributed by atoms with Gasteiger partial charge in [0.15, 0.2) is 0 Å². The number of H-pyrrole nitrogens is 1. The first kappa shape index (κ1) is 12.4. The Labute approximate surface area is 114 Å². The minimum Gasteiger partial charge on any atom is -0.317 e. The zero-order chi connectivity index (χ0) is 13.2. The first-order valence-electron chi connectivity index (χ1n) is 7.08. The number of rotatable bonds is 2. The fraction of sp³-hybridized carbons (Fsp3) is 0.438. The Morgan fingerprint density at radius 1 is 1.16 bits per heavy atom. The van der Waals surface area contributed by atoms with Gasteiger partial charge in [-0.05, 0) is 51.4 Å². The molecule has 100 valence electrons. The first-order valence-corrected chi connectivity index (χ1v) is 7.08. The van der Waals surface area contributed by atoms with E-state index in [9.17, 15) is 0 Å². The van der Waals surface area contributed by atoms with Crippen LogP contribution >= 0.6 is 0 Å². The van der Waals surface area contributed by atoms with E-state index < -0.39 is 0 Å². The second-order valence-electron chi connectivity index (χ2n) is 5.50. The number of aromatic nitrogens is 2. The molecule has 19 heavy (non-hydrogen) atoms. The van der Waals surface area contributed by atoms with E-state index in [1.165, 1.54) is 35.2 Å². The zero-order valence-electron chi connectivity index (χ0n) is 11.7. The summed E-state index contributed by atoms with van der Waals surface area (Å²) < 4.78 is 0. The maximum absolute atomic E-state index is 4.56. The van der Waals surface area contributed by atoms with Gasteiger partial charge in [0.25, 0.3) is 0 Å². The van der Waals surface area contributed by atoms with Crippen molar-refractivity contribution in [2.45, 2.75) is 32.6 Å². The molecule has 0 bridgehead atoms. The molecular weight excluding hydrogens is 234 g/mol. The fourth-order valence-electron chi connectivity index (χ4n) is 2.99. The number of piperidine rings is 1. The quantitative estimate of drug-likeness (QED) is 0.865. The van der Waals surface area contributed by atoms with Crippen molar-refractivity contribution >= 4 is 0 Å². The van der Waals surface area contributed by atoms with Gasteiger partial charge in [-0.15, -0.1) is 0 Å². The monoisotopic (exact) mass is 255 g/mol. The van der Waals surface area contributed by atoms with Gasteiger partial charge in [-0.3, -0.25) is 5.10 Å². The summed E-state index contributed by atoms with van der Waals surface area (Å²) in [6.45, 7) is 6.55. The zero-order valence-corrected chi connectivity index (χ0v) is 11.7. The molecule has 1 aromatic carbocycles. The minimum atomic E-state index is 0.632. The van der Waals surface area contributed by atoms with E-state index in [4.69, 9.17) is 0 Å². The normalized spacial score (nSPS) is 16.7. The second-order valence-corrected chi connectivity index (χ2v) is 5.50. The summed E-state index contributed by atoms with van der Waals surface area (Å²) in [5.41, 5.74) is 6.25. The van der Waals surface area contributed by atoms with Crippen LogP contribution in [0.25, 0.3) is 11.3 Å². The number of aromatic amines is 1. The van der Waals surface area contributed by atoms with Gasteiger partial charge in [0, 0.05) is 17.2 Å². The highest BCUT2D eigenvalue weighted by Crippen LogP contribution is 2.31. The van der Waals surface area contributed by atoms with Crippen LogP contribution in [0.1, 0.15) is 35.6 Å². The maximum Gasteiger partial charge on any atom is 0.0952 e. The van der Waals surface area contributed by atoms with Crippen molar-refractivity contribution in [2.75, 3.05) is 13.1 Å². The van der Waals surface area contributed by atoms with Crippen molar-refractivity contribution in [1.29, 1.82) is 0 Å². The smallest absolute Gasteiger partial charge is 0.0952 e. The summed E-state index contributed by atoms with van der Waals surface area (Å²) in [7, 11) is 0. The largest absolute Gasteiger partial charge is 0.317 e. The predicted octanol–water partition coefficient (Wildman–Crippen LogP) is 3.16. The Morgan fingerprint density at radius 3 is 2.68 bits per heavy atom. The van der Waals surface area contributed by atoms with Gasteiger partial charge < -0.3 is 5.32 Å². The third-order valence-electron chi connectivity index (χ3n) is 4.09. The summed E-state index contributed by atoms with van der Waals surface area (Å²) in [5.74, 6) is 0.632. The number of hydrogen-bond donors (Lipinski definition) is 2. The molecule has 1 fully saturated rings. The van der Waals surface area contributed by atoms with Crippen LogP contribution in [0.3, 0.4) is 0 Å². The van der Waals surface area contributed by atoms with Crippen LogP contribution in [0.15, 0.2) is 24.3 Å². The first-order chi connectivity index (χ1) is 9.25. The van der Waals surface area contributed by atoms with Crippen molar-refractivity contribution < 1.29 is 0 Å². The van der Waals surface area contributed by atoms with Gasteiger partial charge in [0.05, 0.1) is 5.69 Å². The standard InChI is InChI=1S/C16H21N3/c1-11-4-3-5-14(10-11)16-12(2)15(18-19-16)13-6-8-17-9-7-13/h3-5,10,13,17H,6-9H2,1-2H3,(H,18,19). The maximum atomic E-state index is 4.56. The van der Waals surface area contributed by atoms with E-state index in [0.717, 1.165) is 18.8 Å². The molecule has 1 aromatic heterocycles. The van der Waals surface area contributed by atoms with E-state index in [0.29, 0.717) is 5.92 Å². The molecule has 3 nitrogen and oxygen atoms in total. The highest BCUT2D eigenvalue weighted by molar-refractivity contribution is 5.64. The molecule has 0 aliphatic carbocycles. The minimum absolute atomic E-state index is 0.632. The molecule has 1 aliphatic rings. The molecule has 0 unspecified atom stereocenters. The molecule has 0 radical (unpaired) electrons. The van der Waals surface area contributed by atoms with E-state index in [1.807, 2.05) is 0 Å². The van der Waals surface area contributed by atoms with Gasteiger partial charge in [-0.25, -0.2) is 0 Å². The molecule has 2 aromatic rings. The average Bonchev–Trinajstić information content (AvgIpc) is 2.81. The molecule has 0 atom stereocenters. The Kier molecular flexibility index (Phi) is 3.38. The van der Waals surface area contributed by atoms with Gasteiger partial charge in [0.2, 0.25) is 0 Å². The van der Waals surface area contributed by atoms with Gasteiger partial charge in [-0.2, -0.15) is 5.10 Å². The third kappa shape index (κ3) is 2.43. The molecule has 2 heterocycles. The van der Waals surface area contributed by atoms with Crippen molar-refractivity contribution in [3.8, 4) is 11.3 Å². The molecule has 3 rings (SSSR count). The number of hydrogen-bond acceptors (Lipinski definition) is 2. The number of nitrogens with zero attached hydrogens (tertiary/aromatic N) is 1. The molecule has 1 saturated heterocycles. The SMILES string of the molecule is Cc1cccc(-c2n[nH]c(C3CCNCC3)c2C)c1. The van der Waals surface area contributed by atoms with Crippen LogP contribution in [0.4, 0.5) is 0 Å². The lowest BCUT2D eigenvalue weighted by Gasteiger charge is -2.22. The molecule has 0 saturated carbocycles. The average molecular weight is 255 g/mol. The number of benzene rings is 1. The molecule has 0 amide bonds. The van der Waals surface area contributed by atoms with E-state index in [-0.39, 0.29) is 0 Å². The Bertz CT molecular complexity index is 565. The topological polar surface area (TPSA) is 40.7 Å². The molecular formula is C16H21N3. The van der Waals surface area contributed by atoms with Crippen LogP contribution in [0, 0.1) is 13.8 Å². The Balaban J connectivity index is 1.94. The van der Waals surface area contributed by atoms with Crippen LogP contribution in [0.5, 0.6) is 0 Å². The third-order valence-corrected chi connectivity index (χ3v) is 4.09.